The van der Waals surface area contributed by atoms with Gasteiger partial charge in [0.1, 0.15) is 0 Å². The number of hydrogen-bond donors (Lipinski definition) is 3. The van der Waals surface area contributed by atoms with Crippen LogP contribution in [0.25, 0.3) is 0 Å². The van der Waals surface area contributed by atoms with Crippen LogP contribution in [0, 0.1) is 5.92 Å². The molecular weight excluding hydrogens is 427 g/mol. The summed E-state index contributed by atoms with van der Waals surface area (Å²) in [7, 11) is 0. The van der Waals surface area contributed by atoms with Crippen molar-refractivity contribution in [3.63, 3.8) is 0 Å². The van der Waals surface area contributed by atoms with Crippen LogP contribution in [0.4, 0.5) is 0 Å². The van der Waals surface area contributed by atoms with E-state index in [1.54, 1.807) is 0 Å². The molecule has 0 spiro atoms. The van der Waals surface area contributed by atoms with Crippen molar-refractivity contribution in [2.75, 3.05) is 39.3 Å². The molecule has 0 amide bonds. The smallest absolute Gasteiger partial charge is 0.191 e. The zero-order valence-corrected chi connectivity index (χ0v) is 19.1. The van der Waals surface area contributed by atoms with Crippen LogP contribution in [0.3, 0.4) is 0 Å². The Kier molecular flexibility index (Phi) is 14.0. The quantitative estimate of drug-likeness (QED) is 0.262. The van der Waals surface area contributed by atoms with E-state index in [1.807, 2.05) is 0 Å². The molecule has 6 heteroatoms. The number of halogens is 1. The van der Waals surface area contributed by atoms with Gasteiger partial charge in [0.2, 0.25) is 0 Å². The van der Waals surface area contributed by atoms with Gasteiger partial charge in [0.15, 0.2) is 5.96 Å². The van der Waals surface area contributed by atoms with Crippen molar-refractivity contribution < 1.29 is 5.11 Å². The summed E-state index contributed by atoms with van der Waals surface area (Å²) in [5.74, 6) is 1.42. The molecule has 0 aromatic carbocycles. The molecule has 150 valence electrons. The molecule has 1 rings (SSSR count). The van der Waals surface area contributed by atoms with Gasteiger partial charge in [0.05, 0.1) is 6.54 Å². The number of piperidine rings is 1. The highest BCUT2D eigenvalue weighted by Gasteiger charge is 2.27. The van der Waals surface area contributed by atoms with Gasteiger partial charge in [-0.15, -0.1) is 24.0 Å². The number of aliphatic imine (C=N–C) groups is 1. The number of aliphatic hydroxyl groups is 1. The maximum Gasteiger partial charge on any atom is 0.191 e. The summed E-state index contributed by atoms with van der Waals surface area (Å²) in [5.41, 5.74) is 0.108. The monoisotopic (exact) mass is 468 g/mol. The van der Waals surface area contributed by atoms with Crippen molar-refractivity contribution in [3.05, 3.63) is 0 Å². The minimum atomic E-state index is 0. The standard InChI is InChI=1S/C19H40N4O.HI/c1-5-10-17(11-14-24)15-21-18(20-6-2)22-16-19(3,4)23-12-8-7-9-13-23;/h17,24H,5-16H2,1-4H3,(H2,20,21,22);1H. The summed E-state index contributed by atoms with van der Waals surface area (Å²) in [4.78, 5) is 7.42. The molecule has 3 N–H and O–H groups in total. The van der Waals surface area contributed by atoms with Crippen molar-refractivity contribution in [1.82, 2.24) is 15.5 Å². The first-order valence-corrected chi connectivity index (χ1v) is 9.91. The Bertz CT molecular complexity index is 351. The molecule has 0 aromatic rings. The van der Waals surface area contributed by atoms with Gasteiger partial charge in [-0.25, -0.2) is 0 Å². The number of guanidine groups is 1. The SMILES string of the molecule is CCCC(CCO)CNC(=NCC(C)(C)N1CCCCC1)NCC.I. The van der Waals surface area contributed by atoms with Crippen molar-refractivity contribution in [2.45, 2.75) is 71.8 Å². The van der Waals surface area contributed by atoms with Gasteiger partial charge in [0.25, 0.3) is 0 Å². The Labute approximate surface area is 172 Å². The summed E-state index contributed by atoms with van der Waals surface area (Å²) in [5, 5.41) is 16.0. The van der Waals surface area contributed by atoms with E-state index in [4.69, 9.17) is 4.99 Å². The Morgan fingerprint density at radius 1 is 1.12 bits per heavy atom. The molecule has 1 atom stereocenters. The number of nitrogens with one attached hydrogen (secondary N) is 2. The first-order chi connectivity index (χ1) is 11.5. The summed E-state index contributed by atoms with van der Waals surface area (Å²) in [6.45, 7) is 14.1. The topological polar surface area (TPSA) is 59.9 Å². The van der Waals surface area contributed by atoms with Crippen molar-refractivity contribution in [2.24, 2.45) is 10.9 Å². The van der Waals surface area contributed by atoms with Crippen LogP contribution in [-0.4, -0.2) is 60.8 Å². The highest BCUT2D eigenvalue weighted by Crippen LogP contribution is 2.20. The van der Waals surface area contributed by atoms with Gasteiger partial charge in [-0.05, 0) is 65.5 Å². The van der Waals surface area contributed by atoms with Crippen LogP contribution in [0.2, 0.25) is 0 Å². The fourth-order valence-corrected chi connectivity index (χ4v) is 3.39. The second kappa shape index (κ2) is 14.0. The highest BCUT2D eigenvalue weighted by atomic mass is 127. The molecule has 0 saturated carbocycles. The van der Waals surface area contributed by atoms with Crippen LogP contribution in [0.15, 0.2) is 4.99 Å². The Hall–Kier alpha value is -0.0800. The lowest BCUT2D eigenvalue weighted by Crippen LogP contribution is -2.49. The molecule has 0 radical (unpaired) electrons. The van der Waals surface area contributed by atoms with Gasteiger partial charge < -0.3 is 15.7 Å². The molecule has 1 unspecified atom stereocenters. The van der Waals surface area contributed by atoms with Crippen molar-refractivity contribution >= 4 is 29.9 Å². The van der Waals surface area contributed by atoms with Gasteiger partial charge in [-0.1, -0.05) is 19.8 Å². The molecule has 25 heavy (non-hydrogen) atoms. The van der Waals surface area contributed by atoms with Crippen LogP contribution in [0.1, 0.15) is 66.2 Å². The number of nitrogens with zero attached hydrogens (tertiary/aromatic N) is 2. The van der Waals surface area contributed by atoms with E-state index in [9.17, 15) is 5.11 Å². The van der Waals surface area contributed by atoms with Gasteiger partial charge >= 0.3 is 0 Å². The lowest BCUT2D eigenvalue weighted by molar-refractivity contribution is 0.102. The minimum absolute atomic E-state index is 0. The maximum atomic E-state index is 9.21. The molecule has 1 aliphatic heterocycles. The predicted octanol–water partition coefficient (Wildman–Crippen LogP) is 3.22. The lowest BCUT2D eigenvalue weighted by Gasteiger charge is -2.40. The number of aliphatic hydroxyl groups excluding tert-OH is 1. The zero-order chi connectivity index (χ0) is 17.8. The van der Waals surface area contributed by atoms with Crippen LogP contribution >= 0.6 is 24.0 Å². The first-order valence-electron chi connectivity index (χ1n) is 9.91. The Morgan fingerprint density at radius 2 is 1.80 bits per heavy atom. The van der Waals surface area contributed by atoms with Crippen LogP contribution in [0.5, 0.6) is 0 Å². The van der Waals surface area contributed by atoms with E-state index >= 15 is 0 Å². The average Bonchev–Trinajstić information content (AvgIpc) is 2.58. The number of hydrogen-bond acceptors (Lipinski definition) is 3. The Balaban J connectivity index is 0.00000576. The minimum Gasteiger partial charge on any atom is -0.396 e. The van der Waals surface area contributed by atoms with Gasteiger partial charge in [0, 0.05) is 25.2 Å². The van der Waals surface area contributed by atoms with Gasteiger partial charge in [-0.3, -0.25) is 9.89 Å². The normalized spacial score (nSPS) is 17.7. The van der Waals surface area contributed by atoms with E-state index in [0.717, 1.165) is 44.9 Å². The fraction of sp³-hybridized carbons (Fsp3) is 0.947. The van der Waals surface area contributed by atoms with Crippen LogP contribution < -0.4 is 10.6 Å². The first kappa shape index (κ1) is 24.9. The molecule has 0 bridgehead atoms. The Morgan fingerprint density at radius 3 is 2.36 bits per heavy atom. The molecule has 1 saturated heterocycles. The summed E-state index contributed by atoms with van der Waals surface area (Å²) < 4.78 is 0. The molecule has 1 aliphatic rings. The van der Waals surface area contributed by atoms with E-state index in [2.05, 4.69) is 43.2 Å². The molecular formula is C19H41IN4O. The maximum absolute atomic E-state index is 9.21. The van der Waals surface area contributed by atoms with Crippen LogP contribution in [-0.2, 0) is 0 Å². The summed E-state index contributed by atoms with van der Waals surface area (Å²) in [6.07, 6.45) is 7.15. The summed E-state index contributed by atoms with van der Waals surface area (Å²) in [6, 6.07) is 0. The predicted molar refractivity (Wildman–Crippen MR) is 119 cm³/mol. The van der Waals surface area contributed by atoms with Gasteiger partial charge in [-0.2, -0.15) is 0 Å². The molecule has 1 fully saturated rings. The number of rotatable bonds is 10. The van der Waals surface area contributed by atoms with Crippen molar-refractivity contribution in [3.8, 4) is 0 Å². The number of likely N-dealkylation sites (tertiary alicyclic amines) is 1. The second-order valence-electron chi connectivity index (χ2n) is 7.60. The van der Waals surface area contributed by atoms with E-state index in [-0.39, 0.29) is 36.1 Å². The lowest BCUT2D eigenvalue weighted by atomic mass is 9.99. The third kappa shape index (κ3) is 9.99. The van der Waals surface area contributed by atoms with E-state index < -0.39 is 0 Å². The van der Waals surface area contributed by atoms with Crippen molar-refractivity contribution in [1.29, 1.82) is 0 Å². The largest absolute Gasteiger partial charge is 0.396 e. The molecule has 5 nitrogen and oxygen atoms in total. The molecule has 0 aliphatic carbocycles. The third-order valence-corrected chi connectivity index (χ3v) is 4.97. The molecule has 0 aromatic heterocycles. The second-order valence-corrected chi connectivity index (χ2v) is 7.60. The highest BCUT2D eigenvalue weighted by molar-refractivity contribution is 14.0. The summed E-state index contributed by atoms with van der Waals surface area (Å²) >= 11 is 0. The fourth-order valence-electron chi connectivity index (χ4n) is 3.39. The van der Waals surface area contributed by atoms with E-state index in [1.165, 1.54) is 32.4 Å². The van der Waals surface area contributed by atoms with E-state index in [0.29, 0.717) is 5.92 Å². The third-order valence-electron chi connectivity index (χ3n) is 4.97. The average molecular weight is 468 g/mol. The molecule has 1 heterocycles. The zero-order valence-electron chi connectivity index (χ0n) is 16.8.